The van der Waals surface area contributed by atoms with Crippen LogP contribution in [0.5, 0.6) is 0 Å². The van der Waals surface area contributed by atoms with Crippen LogP contribution < -0.4 is 0 Å². The molecule has 2 aromatic rings. The molecule has 4 nitrogen and oxygen atoms in total. The summed E-state index contributed by atoms with van der Waals surface area (Å²) < 4.78 is 19.4. The average Bonchev–Trinajstić information content (AvgIpc) is 2.71. The van der Waals surface area contributed by atoms with Gasteiger partial charge in [0.2, 0.25) is 0 Å². The summed E-state index contributed by atoms with van der Waals surface area (Å²) in [7, 11) is 0. The van der Waals surface area contributed by atoms with Crippen molar-refractivity contribution in [2.24, 2.45) is 0 Å². The van der Waals surface area contributed by atoms with Crippen LogP contribution in [0.1, 0.15) is 42.4 Å². The standard InChI is InChI=1S/C23H21FN2O2/c24-20-10-17(14-25)9-18(11-20)19-12-21-7-4-8-22(13-19)26(21)23(27)28-15-16-5-2-1-3-6-16/h1-3,5-6,9-12,21-22H,4,7-8,13,15H2. The third kappa shape index (κ3) is 3.77. The molecule has 2 aliphatic rings. The molecule has 0 spiro atoms. The largest absolute Gasteiger partial charge is 0.445 e. The number of amides is 1. The molecule has 28 heavy (non-hydrogen) atoms. The molecule has 0 saturated carbocycles. The molecule has 2 aromatic carbocycles. The first kappa shape index (κ1) is 18.2. The monoisotopic (exact) mass is 376 g/mol. The molecule has 1 saturated heterocycles. The highest BCUT2D eigenvalue weighted by molar-refractivity contribution is 5.75. The number of carbonyl (C=O) groups is 1. The fraction of sp³-hybridized carbons (Fsp3) is 0.304. The number of carbonyl (C=O) groups excluding carboxylic acids is 1. The Bertz CT molecular complexity index is 949. The van der Waals surface area contributed by atoms with Crippen LogP contribution in [-0.2, 0) is 11.3 Å². The molecule has 4 rings (SSSR count). The molecule has 5 heteroatoms. The van der Waals surface area contributed by atoms with Gasteiger partial charge >= 0.3 is 6.09 Å². The molecule has 2 unspecified atom stereocenters. The van der Waals surface area contributed by atoms with Crippen LogP contribution in [0.3, 0.4) is 0 Å². The summed E-state index contributed by atoms with van der Waals surface area (Å²) in [4.78, 5) is 14.6. The zero-order valence-electron chi connectivity index (χ0n) is 15.5. The van der Waals surface area contributed by atoms with E-state index in [1.165, 1.54) is 12.1 Å². The second-order valence-corrected chi connectivity index (χ2v) is 7.34. The average molecular weight is 376 g/mol. The van der Waals surface area contributed by atoms with Crippen LogP contribution in [0.15, 0.2) is 54.6 Å². The van der Waals surface area contributed by atoms with Gasteiger partial charge in [-0.3, -0.25) is 4.90 Å². The maximum absolute atomic E-state index is 13.9. The van der Waals surface area contributed by atoms with Crippen LogP contribution >= 0.6 is 0 Å². The number of benzene rings is 2. The summed E-state index contributed by atoms with van der Waals surface area (Å²) >= 11 is 0. The zero-order valence-corrected chi connectivity index (χ0v) is 15.5. The number of nitrogens with zero attached hydrogens (tertiary/aromatic N) is 2. The highest BCUT2D eigenvalue weighted by Crippen LogP contribution is 2.38. The van der Waals surface area contributed by atoms with Gasteiger partial charge in [0.05, 0.1) is 17.7 Å². The van der Waals surface area contributed by atoms with Crippen molar-refractivity contribution in [3.63, 3.8) is 0 Å². The lowest BCUT2D eigenvalue weighted by Gasteiger charge is -2.44. The number of hydrogen-bond donors (Lipinski definition) is 0. The number of fused-ring (bicyclic) bond motifs is 2. The van der Waals surface area contributed by atoms with Gasteiger partial charge in [0, 0.05) is 6.04 Å². The van der Waals surface area contributed by atoms with Crippen LogP contribution in [0.2, 0.25) is 0 Å². The minimum atomic E-state index is -0.412. The van der Waals surface area contributed by atoms with Gasteiger partial charge in [0.1, 0.15) is 12.4 Å². The Balaban J connectivity index is 1.53. The van der Waals surface area contributed by atoms with Crippen molar-refractivity contribution in [3.8, 4) is 6.07 Å². The molecule has 2 atom stereocenters. The lowest BCUT2D eigenvalue weighted by Crippen LogP contribution is -2.51. The minimum Gasteiger partial charge on any atom is -0.445 e. The number of hydrogen-bond acceptors (Lipinski definition) is 3. The van der Waals surface area contributed by atoms with Gasteiger partial charge in [-0.2, -0.15) is 5.26 Å². The molecule has 1 amide bonds. The Morgan fingerprint density at radius 2 is 2.04 bits per heavy atom. The van der Waals surface area contributed by atoms with E-state index >= 15 is 0 Å². The van der Waals surface area contributed by atoms with Crippen molar-refractivity contribution >= 4 is 11.7 Å². The first-order valence-electron chi connectivity index (χ1n) is 9.55. The van der Waals surface area contributed by atoms with Gasteiger partial charge in [0.15, 0.2) is 0 Å². The Morgan fingerprint density at radius 1 is 1.21 bits per heavy atom. The Morgan fingerprint density at radius 3 is 2.79 bits per heavy atom. The highest BCUT2D eigenvalue weighted by atomic mass is 19.1. The minimum absolute atomic E-state index is 0.0378. The fourth-order valence-electron chi connectivity index (χ4n) is 4.16. The number of ether oxygens (including phenoxy) is 1. The maximum atomic E-state index is 13.9. The van der Waals surface area contributed by atoms with Crippen molar-refractivity contribution in [2.45, 2.75) is 44.4 Å². The molecule has 2 heterocycles. The lowest BCUT2D eigenvalue weighted by atomic mass is 9.83. The predicted octanol–water partition coefficient (Wildman–Crippen LogP) is 5.04. The van der Waals surface area contributed by atoms with Crippen molar-refractivity contribution in [3.05, 3.63) is 77.1 Å². The first-order chi connectivity index (χ1) is 13.6. The smallest absolute Gasteiger partial charge is 0.410 e. The molecular weight excluding hydrogens is 355 g/mol. The molecule has 2 bridgehead atoms. The van der Waals surface area contributed by atoms with E-state index < -0.39 is 5.82 Å². The normalized spacial score (nSPS) is 20.9. The van der Waals surface area contributed by atoms with E-state index in [0.29, 0.717) is 12.0 Å². The molecule has 0 N–H and O–H groups in total. The first-order valence-corrected chi connectivity index (χ1v) is 9.55. The summed E-state index contributed by atoms with van der Waals surface area (Å²) in [6.45, 7) is 0.252. The number of piperidine rings is 1. The Hall–Kier alpha value is -3.13. The van der Waals surface area contributed by atoms with Gasteiger partial charge in [-0.1, -0.05) is 36.4 Å². The van der Waals surface area contributed by atoms with E-state index in [0.717, 1.165) is 36.0 Å². The van der Waals surface area contributed by atoms with Crippen LogP contribution in [0, 0.1) is 17.1 Å². The van der Waals surface area contributed by atoms with Gasteiger partial charge < -0.3 is 4.74 Å². The molecular formula is C23H21FN2O2. The lowest BCUT2D eigenvalue weighted by molar-refractivity contribution is 0.0510. The molecule has 0 aromatic heterocycles. The van der Waals surface area contributed by atoms with Crippen LogP contribution in [0.4, 0.5) is 9.18 Å². The second kappa shape index (κ2) is 7.85. The summed E-state index contributed by atoms with van der Waals surface area (Å²) in [6, 6.07) is 16.0. The predicted molar refractivity (Wildman–Crippen MR) is 104 cm³/mol. The number of rotatable bonds is 3. The van der Waals surface area contributed by atoms with Crippen molar-refractivity contribution in [2.75, 3.05) is 0 Å². The molecule has 2 aliphatic heterocycles. The summed E-state index contributed by atoms with van der Waals surface area (Å²) in [5, 5.41) is 9.11. The van der Waals surface area contributed by atoms with Crippen molar-refractivity contribution in [1.82, 2.24) is 4.90 Å². The van der Waals surface area contributed by atoms with Gasteiger partial charge in [-0.05, 0) is 60.6 Å². The highest BCUT2D eigenvalue weighted by Gasteiger charge is 2.38. The van der Waals surface area contributed by atoms with Crippen LogP contribution in [-0.4, -0.2) is 23.1 Å². The van der Waals surface area contributed by atoms with E-state index in [9.17, 15) is 9.18 Å². The van der Waals surface area contributed by atoms with Crippen molar-refractivity contribution < 1.29 is 13.9 Å². The summed E-state index contributed by atoms with van der Waals surface area (Å²) in [5.74, 6) is -0.412. The third-order valence-corrected chi connectivity index (χ3v) is 5.45. The van der Waals surface area contributed by atoms with E-state index in [1.807, 2.05) is 47.4 Å². The SMILES string of the molecule is N#Cc1cc(F)cc(C2=CC3CCCC(C2)N3C(=O)OCc2ccccc2)c1. The summed E-state index contributed by atoms with van der Waals surface area (Å²) in [5.41, 5.74) is 2.99. The second-order valence-electron chi connectivity index (χ2n) is 7.34. The van der Waals surface area contributed by atoms with Gasteiger partial charge in [0.25, 0.3) is 0 Å². The Labute approximate surface area is 163 Å². The Kier molecular flexibility index (Phi) is 5.12. The van der Waals surface area contributed by atoms with Gasteiger partial charge in [-0.25, -0.2) is 9.18 Å². The molecule has 0 radical (unpaired) electrons. The van der Waals surface area contributed by atoms with Crippen molar-refractivity contribution in [1.29, 1.82) is 5.26 Å². The number of halogens is 1. The third-order valence-electron chi connectivity index (χ3n) is 5.45. The topological polar surface area (TPSA) is 53.3 Å². The van der Waals surface area contributed by atoms with E-state index in [4.69, 9.17) is 10.00 Å². The molecule has 0 aliphatic carbocycles. The maximum Gasteiger partial charge on any atom is 0.410 e. The molecule has 142 valence electrons. The fourth-order valence-corrected chi connectivity index (χ4v) is 4.16. The quantitative estimate of drug-likeness (QED) is 0.754. The number of nitriles is 1. The van der Waals surface area contributed by atoms with Crippen LogP contribution in [0.25, 0.3) is 5.57 Å². The van der Waals surface area contributed by atoms with E-state index in [2.05, 4.69) is 0 Å². The van der Waals surface area contributed by atoms with Gasteiger partial charge in [-0.15, -0.1) is 0 Å². The zero-order chi connectivity index (χ0) is 19.5. The molecule has 1 fully saturated rings. The summed E-state index contributed by atoms with van der Waals surface area (Å²) in [6.07, 6.45) is 5.19. The van der Waals surface area contributed by atoms with E-state index in [-0.39, 0.29) is 24.8 Å². The van der Waals surface area contributed by atoms with E-state index in [1.54, 1.807) is 6.07 Å².